The summed E-state index contributed by atoms with van der Waals surface area (Å²) in [5.41, 5.74) is 7.77. The fraction of sp³-hybridized carbons (Fsp3) is 0.636. The highest BCUT2D eigenvalue weighted by molar-refractivity contribution is 7.72. The first-order valence-electron chi connectivity index (χ1n) is 12.1. The summed E-state index contributed by atoms with van der Waals surface area (Å²) in [5.74, 6) is -0.582. The molecule has 2 amide bonds. The molecule has 0 heterocycles. The van der Waals surface area contributed by atoms with E-state index in [-0.39, 0.29) is 18.8 Å². The normalized spacial score (nSPS) is 14.1. The number of anilines is 1. The number of hydrogen-bond acceptors (Lipinski definition) is 7. The molecule has 39 heavy (non-hydrogen) atoms. The van der Waals surface area contributed by atoms with Crippen molar-refractivity contribution in [1.29, 1.82) is 0 Å². The maximum absolute atomic E-state index is 12.8. The molecule has 1 rings (SSSR count). The Bertz CT molecular complexity index is 1010. The van der Waals surface area contributed by atoms with Gasteiger partial charge in [-0.2, -0.15) is 0 Å². The zero-order chi connectivity index (χ0) is 30.0. The van der Waals surface area contributed by atoms with Crippen LogP contribution in [0, 0.1) is 5.92 Å². The molecule has 0 radical (unpaired) electrons. The summed E-state index contributed by atoms with van der Waals surface area (Å²) in [5, 5.41) is 11.1. The van der Waals surface area contributed by atoms with Crippen LogP contribution >= 0.6 is 38.4 Å². The van der Waals surface area contributed by atoms with E-state index < -0.39 is 57.1 Å². The van der Waals surface area contributed by atoms with Gasteiger partial charge in [-0.3, -0.25) is 18.7 Å². The Morgan fingerprint density at radius 1 is 1.00 bits per heavy atom. The average molecular weight is 635 g/mol. The third-order valence-electron chi connectivity index (χ3n) is 5.84. The molecule has 0 aliphatic heterocycles. The number of aliphatic hydroxyl groups is 1. The molecule has 0 spiro atoms. The van der Waals surface area contributed by atoms with Crippen molar-refractivity contribution in [3.05, 3.63) is 29.8 Å². The molecule has 0 aliphatic carbocycles. The lowest BCUT2D eigenvalue weighted by molar-refractivity contribution is -0.130. The summed E-state index contributed by atoms with van der Waals surface area (Å²) in [6.07, 6.45) is -0.777. The van der Waals surface area contributed by atoms with Crippen molar-refractivity contribution in [3.63, 3.8) is 0 Å². The highest BCUT2D eigenvalue weighted by Crippen LogP contribution is 2.68. The maximum atomic E-state index is 12.8. The van der Waals surface area contributed by atoms with E-state index in [1.807, 2.05) is 29.2 Å². The molecule has 0 saturated carbocycles. The summed E-state index contributed by atoms with van der Waals surface area (Å²) in [6.45, 7) is 4.15. The van der Waals surface area contributed by atoms with E-state index in [2.05, 4.69) is 10.6 Å². The third kappa shape index (κ3) is 10.9. The van der Waals surface area contributed by atoms with Gasteiger partial charge in [0, 0.05) is 43.5 Å². The highest BCUT2D eigenvalue weighted by Gasteiger charge is 2.58. The number of amides is 2. The minimum Gasteiger partial charge on any atom is -0.369 e. The number of carbonyl (C=O) groups excluding carboxylic acids is 2. The molecule has 0 aliphatic rings. The second-order valence-electron chi connectivity index (χ2n) is 9.44. The molecular weight excluding hydrogens is 597 g/mol. The Hall–Kier alpha value is -1.24. The molecule has 0 aromatic heterocycles. The lowest BCUT2D eigenvalue weighted by atomic mass is 10.0. The van der Waals surface area contributed by atoms with Crippen molar-refractivity contribution < 1.29 is 43.4 Å². The molecule has 224 valence electrons. The van der Waals surface area contributed by atoms with Gasteiger partial charge in [-0.15, -0.1) is 23.2 Å². The monoisotopic (exact) mass is 634 g/mol. The smallest absolute Gasteiger partial charge is 0.369 e. The van der Waals surface area contributed by atoms with Gasteiger partial charge in [0.15, 0.2) is 0 Å². The number of nitrogens with two attached hydrogens (primary N) is 1. The van der Waals surface area contributed by atoms with E-state index in [4.69, 9.17) is 28.9 Å². The summed E-state index contributed by atoms with van der Waals surface area (Å²) in [4.78, 5) is 64.5. The zero-order valence-electron chi connectivity index (χ0n) is 21.7. The van der Waals surface area contributed by atoms with Gasteiger partial charge in [-0.25, -0.2) is 0 Å². The van der Waals surface area contributed by atoms with Crippen molar-refractivity contribution in [2.24, 2.45) is 11.7 Å². The minimum atomic E-state index is -5.66. The quantitative estimate of drug-likeness (QED) is 0.0886. The molecule has 0 bridgehead atoms. The van der Waals surface area contributed by atoms with Gasteiger partial charge in [0.2, 0.25) is 11.8 Å². The van der Waals surface area contributed by atoms with E-state index >= 15 is 0 Å². The first-order chi connectivity index (χ1) is 18.0. The SMILES string of the molecule is CC(C)C[C@H](NC(=O)[C@@H](N)Cc1ccc(N(CCCl)CCCl)cc1)C(=O)NCCC(O)(P(=O)(O)O)P(=O)(O)O. The lowest BCUT2D eigenvalue weighted by Gasteiger charge is -2.29. The number of carbonyl (C=O) groups is 2. The van der Waals surface area contributed by atoms with Crippen molar-refractivity contribution in [3.8, 4) is 0 Å². The second kappa shape index (κ2) is 15.7. The molecule has 0 unspecified atom stereocenters. The first-order valence-corrected chi connectivity index (χ1v) is 16.4. The van der Waals surface area contributed by atoms with Gasteiger partial charge in [0.25, 0.3) is 5.08 Å². The molecule has 17 heteroatoms. The van der Waals surface area contributed by atoms with Crippen LogP contribution in [0.2, 0.25) is 0 Å². The molecule has 2 atom stereocenters. The van der Waals surface area contributed by atoms with Crippen LogP contribution in [0.3, 0.4) is 0 Å². The highest BCUT2D eigenvalue weighted by atomic mass is 35.5. The van der Waals surface area contributed by atoms with Crippen LogP contribution < -0.4 is 21.3 Å². The minimum absolute atomic E-state index is 0.0594. The Morgan fingerprint density at radius 3 is 1.95 bits per heavy atom. The van der Waals surface area contributed by atoms with E-state index in [1.54, 1.807) is 13.8 Å². The topological polar surface area (TPSA) is 223 Å². The number of benzene rings is 1. The van der Waals surface area contributed by atoms with Crippen molar-refractivity contribution >= 4 is 55.9 Å². The summed E-state index contributed by atoms with van der Waals surface area (Å²) < 4.78 is 23.0. The molecular formula is C22H38Cl2N4O9P2. The Labute approximate surface area is 237 Å². The number of halogens is 2. The van der Waals surface area contributed by atoms with E-state index in [1.165, 1.54) is 0 Å². The van der Waals surface area contributed by atoms with Crippen LogP contribution in [0.1, 0.15) is 32.3 Å². The molecule has 0 fully saturated rings. The van der Waals surface area contributed by atoms with Crippen LogP contribution in [-0.4, -0.2) is 85.1 Å². The number of rotatable bonds is 17. The number of alkyl halides is 2. The van der Waals surface area contributed by atoms with Gasteiger partial charge in [-0.05, 0) is 36.5 Å². The first kappa shape index (κ1) is 35.8. The Morgan fingerprint density at radius 2 is 1.51 bits per heavy atom. The van der Waals surface area contributed by atoms with Gasteiger partial charge < -0.3 is 45.9 Å². The Balaban J connectivity index is 2.84. The largest absolute Gasteiger partial charge is 0.369 e. The van der Waals surface area contributed by atoms with E-state index in [0.29, 0.717) is 24.8 Å². The van der Waals surface area contributed by atoms with Crippen LogP contribution in [-0.2, 0) is 25.1 Å². The van der Waals surface area contributed by atoms with Crippen LogP contribution in [0.4, 0.5) is 5.69 Å². The molecule has 13 nitrogen and oxygen atoms in total. The van der Waals surface area contributed by atoms with Crippen LogP contribution in [0.15, 0.2) is 24.3 Å². The van der Waals surface area contributed by atoms with Gasteiger partial charge in [-0.1, -0.05) is 26.0 Å². The molecule has 9 N–H and O–H groups in total. The summed E-state index contributed by atoms with van der Waals surface area (Å²) in [6, 6.07) is 5.27. The maximum Gasteiger partial charge on any atom is 0.369 e. The number of hydrogen-bond donors (Lipinski definition) is 8. The predicted molar refractivity (Wildman–Crippen MR) is 150 cm³/mol. The summed E-state index contributed by atoms with van der Waals surface area (Å²) >= 11 is 11.7. The van der Waals surface area contributed by atoms with Gasteiger partial charge in [0.1, 0.15) is 6.04 Å². The van der Waals surface area contributed by atoms with Gasteiger partial charge in [0.05, 0.1) is 6.04 Å². The van der Waals surface area contributed by atoms with Crippen LogP contribution in [0.25, 0.3) is 0 Å². The second-order valence-corrected chi connectivity index (χ2v) is 14.2. The van der Waals surface area contributed by atoms with E-state index in [9.17, 15) is 43.4 Å². The van der Waals surface area contributed by atoms with Crippen molar-refractivity contribution in [1.82, 2.24) is 10.6 Å². The van der Waals surface area contributed by atoms with Crippen molar-refractivity contribution in [2.75, 3.05) is 36.3 Å². The van der Waals surface area contributed by atoms with Crippen LogP contribution in [0.5, 0.6) is 0 Å². The number of nitrogens with one attached hydrogen (secondary N) is 2. The molecule has 0 saturated heterocycles. The molecule has 1 aromatic rings. The zero-order valence-corrected chi connectivity index (χ0v) is 25.0. The standard InChI is InChI=1S/C22H38Cl2N4O9P2/c1-15(2)13-19(21(30)26-10-7-22(31,38(32,33)34)39(35,36)37)27-20(29)18(25)14-16-3-5-17(6-4-16)28(11-8-23)12-9-24/h3-6,15,18-19,31H,7-14,25H2,1-2H3,(H,26,30)(H,27,29)(H2,32,33,34)(H2,35,36,37)/t18-,19-/m0/s1. The average Bonchev–Trinajstić information content (AvgIpc) is 2.82. The Kier molecular flexibility index (Phi) is 14.4. The summed E-state index contributed by atoms with van der Waals surface area (Å²) in [7, 11) is -11.3. The number of nitrogens with zero attached hydrogens (tertiary/aromatic N) is 1. The van der Waals surface area contributed by atoms with Crippen molar-refractivity contribution in [2.45, 2.75) is 50.3 Å². The fourth-order valence-corrected chi connectivity index (χ4v) is 6.25. The predicted octanol–water partition coefficient (Wildman–Crippen LogP) is 0.879. The third-order valence-corrected chi connectivity index (χ3v) is 10.0. The fourth-order valence-electron chi connectivity index (χ4n) is 3.68. The lowest BCUT2D eigenvalue weighted by Crippen LogP contribution is -2.53. The van der Waals surface area contributed by atoms with E-state index in [0.717, 1.165) is 11.3 Å². The molecule has 1 aromatic carbocycles. The van der Waals surface area contributed by atoms with Gasteiger partial charge >= 0.3 is 15.2 Å².